The highest BCUT2D eigenvalue weighted by molar-refractivity contribution is 7.09. The second-order valence-corrected chi connectivity index (χ2v) is 7.16. The lowest BCUT2D eigenvalue weighted by Gasteiger charge is -2.12. The Labute approximate surface area is 162 Å². The zero-order valence-electron chi connectivity index (χ0n) is 15.4. The van der Waals surface area contributed by atoms with Crippen LogP contribution < -0.4 is 10.6 Å². The summed E-state index contributed by atoms with van der Waals surface area (Å²) < 4.78 is 15.0. The average molecular weight is 387 g/mol. The van der Waals surface area contributed by atoms with Gasteiger partial charge in [-0.25, -0.2) is 9.38 Å². The summed E-state index contributed by atoms with van der Waals surface area (Å²) in [7, 11) is 1.94. The molecule has 0 amide bonds. The van der Waals surface area contributed by atoms with Crippen molar-refractivity contribution in [3.05, 3.63) is 69.7 Å². The summed E-state index contributed by atoms with van der Waals surface area (Å²) in [5.74, 6) is 2.15. The van der Waals surface area contributed by atoms with Crippen LogP contribution in [0.2, 0.25) is 0 Å². The van der Waals surface area contributed by atoms with Crippen LogP contribution in [0.3, 0.4) is 0 Å². The molecule has 2 aromatic heterocycles. The van der Waals surface area contributed by atoms with Crippen LogP contribution in [0.25, 0.3) is 0 Å². The maximum Gasteiger partial charge on any atom is 0.191 e. The molecule has 0 aliphatic heterocycles. The van der Waals surface area contributed by atoms with Gasteiger partial charge in [0.1, 0.15) is 11.6 Å². The Kier molecular flexibility index (Phi) is 6.54. The number of halogens is 1. The molecular formula is C19H23FN6S. The fourth-order valence-electron chi connectivity index (χ4n) is 2.46. The second kappa shape index (κ2) is 9.27. The molecule has 0 saturated carbocycles. The van der Waals surface area contributed by atoms with Crippen molar-refractivity contribution in [2.24, 2.45) is 12.0 Å². The van der Waals surface area contributed by atoms with Crippen molar-refractivity contribution in [2.45, 2.75) is 26.4 Å². The summed E-state index contributed by atoms with van der Waals surface area (Å²) in [6.45, 7) is 3.67. The third kappa shape index (κ3) is 5.62. The summed E-state index contributed by atoms with van der Waals surface area (Å²) in [6, 6.07) is 10.6. The van der Waals surface area contributed by atoms with Gasteiger partial charge in [0.25, 0.3) is 0 Å². The molecule has 3 aromatic rings. The highest BCUT2D eigenvalue weighted by atomic mass is 32.1. The number of aryl methyl sites for hydroxylation is 1. The molecule has 0 atom stereocenters. The second-order valence-electron chi connectivity index (χ2n) is 6.12. The van der Waals surface area contributed by atoms with E-state index in [-0.39, 0.29) is 5.82 Å². The van der Waals surface area contributed by atoms with E-state index in [9.17, 15) is 4.39 Å². The number of aromatic nitrogens is 3. The number of thiophene rings is 1. The van der Waals surface area contributed by atoms with Crippen LogP contribution in [0.1, 0.15) is 22.1 Å². The van der Waals surface area contributed by atoms with Gasteiger partial charge in [-0.1, -0.05) is 18.2 Å². The van der Waals surface area contributed by atoms with E-state index in [4.69, 9.17) is 0 Å². The number of rotatable bonds is 7. The number of hydrogen-bond acceptors (Lipinski definition) is 4. The summed E-state index contributed by atoms with van der Waals surface area (Å²) in [5.41, 5.74) is 0.949. The Hall–Kier alpha value is -2.74. The summed E-state index contributed by atoms with van der Waals surface area (Å²) in [6.07, 6.45) is 0.929. The lowest BCUT2D eigenvalue weighted by atomic mass is 10.2. The molecule has 0 spiro atoms. The van der Waals surface area contributed by atoms with Gasteiger partial charge in [0, 0.05) is 18.5 Å². The van der Waals surface area contributed by atoms with E-state index >= 15 is 0 Å². The molecule has 3 rings (SSSR count). The fraction of sp³-hybridized carbons (Fsp3) is 0.316. The normalized spacial score (nSPS) is 11.6. The Morgan fingerprint density at radius 3 is 2.67 bits per heavy atom. The zero-order valence-corrected chi connectivity index (χ0v) is 16.3. The molecule has 2 heterocycles. The Bertz CT molecular complexity index is 870. The molecule has 27 heavy (non-hydrogen) atoms. The van der Waals surface area contributed by atoms with Crippen molar-refractivity contribution in [1.29, 1.82) is 0 Å². The molecule has 2 N–H and O–H groups in total. The van der Waals surface area contributed by atoms with Crippen LogP contribution in [-0.2, 0) is 26.6 Å². The Morgan fingerprint density at radius 2 is 2.00 bits per heavy atom. The van der Waals surface area contributed by atoms with Crippen LogP contribution >= 0.6 is 11.3 Å². The van der Waals surface area contributed by atoms with Gasteiger partial charge in [-0.3, -0.25) is 0 Å². The highest BCUT2D eigenvalue weighted by Crippen LogP contribution is 2.08. The van der Waals surface area contributed by atoms with Crippen molar-refractivity contribution < 1.29 is 4.39 Å². The van der Waals surface area contributed by atoms with Crippen LogP contribution in [0.5, 0.6) is 0 Å². The highest BCUT2D eigenvalue weighted by Gasteiger charge is 2.06. The number of hydrogen-bond donors (Lipinski definition) is 2. The molecule has 0 radical (unpaired) electrons. The van der Waals surface area contributed by atoms with Crippen molar-refractivity contribution in [2.75, 3.05) is 6.54 Å². The summed E-state index contributed by atoms with van der Waals surface area (Å²) in [5, 5.41) is 17.0. The predicted molar refractivity (Wildman–Crippen MR) is 106 cm³/mol. The van der Waals surface area contributed by atoms with Gasteiger partial charge >= 0.3 is 0 Å². The molecule has 6 nitrogen and oxygen atoms in total. The molecule has 0 aliphatic rings. The fourth-order valence-corrected chi connectivity index (χ4v) is 3.17. The van der Waals surface area contributed by atoms with Gasteiger partial charge in [0.15, 0.2) is 11.8 Å². The number of guanidine groups is 1. The maximum absolute atomic E-state index is 13.1. The minimum atomic E-state index is -0.243. The first-order chi connectivity index (χ1) is 13.1. The number of nitrogens with zero attached hydrogens (tertiary/aromatic N) is 4. The molecule has 0 fully saturated rings. The van der Waals surface area contributed by atoms with Gasteiger partial charge in [0.2, 0.25) is 0 Å². The predicted octanol–water partition coefficient (Wildman–Crippen LogP) is 2.80. The summed E-state index contributed by atoms with van der Waals surface area (Å²) in [4.78, 5) is 5.94. The smallest absolute Gasteiger partial charge is 0.191 e. The largest absolute Gasteiger partial charge is 0.356 e. The van der Waals surface area contributed by atoms with Crippen LogP contribution in [0.4, 0.5) is 4.39 Å². The number of benzene rings is 1. The first-order valence-corrected chi connectivity index (χ1v) is 9.63. The lowest BCUT2D eigenvalue weighted by Crippen LogP contribution is -2.38. The first-order valence-electron chi connectivity index (χ1n) is 8.75. The van der Waals surface area contributed by atoms with Gasteiger partial charge in [-0.05, 0) is 42.5 Å². The number of nitrogens with one attached hydrogen (secondary N) is 2. The zero-order chi connectivity index (χ0) is 19.1. The van der Waals surface area contributed by atoms with E-state index in [1.165, 1.54) is 17.0 Å². The van der Waals surface area contributed by atoms with Gasteiger partial charge in [-0.2, -0.15) is 0 Å². The molecule has 0 saturated heterocycles. The van der Waals surface area contributed by atoms with Gasteiger partial charge in [0.05, 0.1) is 13.1 Å². The monoisotopic (exact) mass is 386 g/mol. The van der Waals surface area contributed by atoms with Gasteiger partial charge in [-0.15, -0.1) is 21.5 Å². The number of aliphatic imine (C=N–C) groups is 1. The van der Waals surface area contributed by atoms with Crippen LogP contribution in [0, 0.1) is 12.7 Å². The Balaban J connectivity index is 1.62. The summed E-state index contributed by atoms with van der Waals surface area (Å²) >= 11 is 1.74. The third-order valence-corrected chi connectivity index (χ3v) is 5.11. The Morgan fingerprint density at radius 1 is 1.19 bits per heavy atom. The van der Waals surface area contributed by atoms with E-state index in [1.54, 1.807) is 23.5 Å². The van der Waals surface area contributed by atoms with Crippen LogP contribution in [0.15, 0.2) is 46.8 Å². The van der Waals surface area contributed by atoms with E-state index in [0.29, 0.717) is 19.0 Å². The van der Waals surface area contributed by atoms with E-state index < -0.39 is 0 Å². The van der Waals surface area contributed by atoms with Crippen molar-refractivity contribution >= 4 is 17.3 Å². The SMILES string of the molecule is Cc1nnc(CNC(=NCc2ccc(F)cc2)NCCc2cccs2)n1C. The van der Waals surface area contributed by atoms with Crippen molar-refractivity contribution in [3.63, 3.8) is 0 Å². The minimum Gasteiger partial charge on any atom is -0.356 e. The van der Waals surface area contributed by atoms with Gasteiger partial charge < -0.3 is 15.2 Å². The van der Waals surface area contributed by atoms with Crippen molar-refractivity contribution in [3.8, 4) is 0 Å². The van der Waals surface area contributed by atoms with E-state index in [0.717, 1.165) is 30.2 Å². The molecule has 8 heteroatoms. The maximum atomic E-state index is 13.1. The molecule has 142 valence electrons. The molecular weight excluding hydrogens is 363 g/mol. The standard InChI is InChI=1S/C19H23FN6S/c1-14-24-25-18(26(14)2)13-23-19(21-10-9-17-4-3-11-27-17)22-12-15-5-7-16(20)8-6-15/h3-8,11H,9-10,12-13H2,1-2H3,(H2,21,22,23). The van der Waals surface area contributed by atoms with Crippen LogP contribution in [-0.4, -0.2) is 27.3 Å². The molecule has 0 aliphatic carbocycles. The van der Waals surface area contributed by atoms with Crippen molar-refractivity contribution in [1.82, 2.24) is 25.4 Å². The lowest BCUT2D eigenvalue weighted by molar-refractivity contribution is 0.627. The van der Waals surface area contributed by atoms with E-state index in [1.807, 2.05) is 18.5 Å². The molecule has 1 aromatic carbocycles. The van der Waals surface area contributed by atoms with E-state index in [2.05, 4.69) is 43.3 Å². The molecule has 0 unspecified atom stereocenters. The molecule has 0 bridgehead atoms. The average Bonchev–Trinajstić information content (AvgIpc) is 3.29. The topological polar surface area (TPSA) is 67.1 Å². The first kappa shape index (κ1) is 19.0. The third-order valence-electron chi connectivity index (χ3n) is 4.17. The quantitative estimate of drug-likeness (QED) is 0.484. The minimum absolute atomic E-state index is 0.243.